The van der Waals surface area contributed by atoms with Gasteiger partial charge in [0, 0.05) is 24.4 Å². The predicted molar refractivity (Wildman–Crippen MR) is 64.0 cm³/mol. The van der Waals surface area contributed by atoms with Gasteiger partial charge in [0.2, 0.25) is 0 Å². The van der Waals surface area contributed by atoms with Crippen molar-refractivity contribution >= 4 is 11.8 Å². The van der Waals surface area contributed by atoms with Gasteiger partial charge in [0.25, 0.3) is 0 Å². The molecule has 0 aromatic heterocycles. The molecule has 3 heteroatoms. The molecule has 2 saturated heterocycles. The highest BCUT2D eigenvalue weighted by Gasteiger charge is 2.25. The van der Waals surface area contributed by atoms with Gasteiger partial charge in [-0.25, -0.2) is 0 Å². The van der Waals surface area contributed by atoms with Gasteiger partial charge >= 0.3 is 0 Å². The van der Waals surface area contributed by atoms with Crippen LogP contribution in [0.3, 0.4) is 0 Å². The fraction of sp³-hybridized carbons (Fsp3) is 1.00. The lowest BCUT2D eigenvalue weighted by molar-refractivity contribution is 0.205. The van der Waals surface area contributed by atoms with E-state index in [2.05, 4.69) is 28.9 Å². The molecule has 82 valence electrons. The minimum absolute atomic E-state index is 0.778. The van der Waals surface area contributed by atoms with Gasteiger partial charge in [0.1, 0.15) is 0 Å². The monoisotopic (exact) mass is 214 g/mol. The van der Waals surface area contributed by atoms with Crippen LogP contribution in [0, 0.1) is 0 Å². The van der Waals surface area contributed by atoms with Crippen molar-refractivity contribution < 1.29 is 0 Å². The number of thioether (sulfide) groups is 1. The molecular formula is C11H22N2S. The van der Waals surface area contributed by atoms with Crippen LogP contribution in [0.25, 0.3) is 0 Å². The fourth-order valence-electron chi connectivity index (χ4n) is 2.54. The van der Waals surface area contributed by atoms with E-state index in [1.807, 2.05) is 0 Å². The SMILES string of the molecule is CCN(CC1CCCN1)C1CCSC1. The molecule has 0 aromatic rings. The molecule has 0 amide bonds. The summed E-state index contributed by atoms with van der Waals surface area (Å²) >= 11 is 2.12. The van der Waals surface area contributed by atoms with Crippen LogP contribution in [0.4, 0.5) is 0 Å². The van der Waals surface area contributed by atoms with E-state index in [9.17, 15) is 0 Å². The summed E-state index contributed by atoms with van der Waals surface area (Å²) in [5.41, 5.74) is 0. The minimum Gasteiger partial charge on any atom is -0.313 e. The van der Waals surface area contributed by atoms with Crippen molar-refractivity contribution in [3.8, 4) is 0 Å². The van der Waals surface area contributed by atoms with Crippen LogP contribution in [0.1, 0.15) is 26.2 Å². The van der Waals surface area contributed by atoms with Crippen molar-refractivity contribution in [2.24, 2.45) is 0 Å². The first-order valence-corrected chi connectivity index (χ1v) is 7.11. The lowest BCUT2D eigenvalue weighted by Crippen LogP contribution is -2.43. The molecule has 2 fully saturated rings. The van der Waals surface area contributed by atoms with Gasteiger partial charge in [-0.05, 0) is 38.1 Å². The van der Waals surface area contributed by atoms with Crippen molar-refractivity contribution in [1.29, 1.82) is 0 Å². The van der Waals surface area contributed by atoms with Gasteiger partial charge in [0.05, 0.1) is 0 Å². The average molecular weight is 214 g/mol. The molecule has 2 aliphatic heterocycles. The summed E-state index contributed by atoms with van der Waals surface area (Å²) in [7, 11) is 0. The summed E-state index contributed by atoms with van der Waals surface area (Å²) < 4.78 is 0. The molecule has 2 aliphatic rings. The van der Waals surface area contributed by atoms with Crippen LogP contribution in [0.5, 0.6) is 0 Å². The third-order valence-electron chi connectivity index (χ3n) is 3.45. The van der Waals surface area contributed by atoms with E-state index in [0.717, 1.165) is 12.1 Å². The first kappa shape index (κ1) is 10.8. The molecule has 0 aromatic carbocycles. The van der Waals surface area contributed by atoms with Crippen molar-refractivity contribution in [1.82, 2.24) is 10.2 Å². The number of hydrogen-bond acceptors (Lipinski definition) is 3. The summed E-state index contributed by atoms with van der Waals surface area (Å²) in [6.07, 6.45) is 4.17. The second-order valence-corrected chi connectivity index (χ2v) is 5.55. The Morgan fingerprint density at radius 1 is 1.43 bits per heavy atom. The summed E-state index contributed by atoms with van der Waals surface area (Å²) in [6.45, 7) is 6.05. The molecule has 0 spiro atoms. The van der Waals surface area contributed by atoms with E-state index >= 15 is 0 Å². The Bertz CT molecular complexity index is 163. The highest BCUT2D eigenvalue weighted by Crippen LogP contribution is 2.23. The number of likely N-dealkylation sites (N-methyl/N-ethyl adjacent to an activating group) is 1. The van der Waals surface area contributed by atoms with E-state index in [0.29, 0.717) is 0 Å². The maximum Gasteiger partial charge on any atom is 0.0195 e. The van der Waals surface area contributed by atoms with Crippen LogP contribution in [0.15, 0.2) is 0 Å². The maximum absolute atomic E-state index is 3.60. The number of hydrogen-bond donors (Lipinski definition) is 1. The van der Waals surface area contributed by atoms with Gasteiger partial charge in [-0.1, -0.05) is 6.92 Å². The molecule has 0 radical (unpaired) electrons. The maximum atomic E-state index is 3.60. The summed E-state index contributed by atoms with van der Waals surface area (Å²) in [6, 6.07) is 1.65. The highest BCUT2D eigenvalue weighted by atomic mass is 32.2. The fourth-order valence-corrected chi connectivity index (χ4v) is 3.80. The molecule has 14 heavy (non-hydrogen) atoms. The Balaban J connectivity index is 1.79. The molecule has 2 atom stereocenters. The van der Waals surface area contributed by atoms with E-state index < -0.39 is 0 Å². The molecule has 1 N–H and O–H groups in total. The molecule has 2 unspecified atom stereocenters. The molecule has 0 aliphatic carbocycles. The van der Waals surface area contributed by atoms with Crippen LogP contribution in [-0.2, 0) is 0 Å². The number of rotatable bonds is 4. The Kier molecular flexibility index (Phi) is 4.14. The summed E-state index contributed by atoms with van der Waals surface area (Å²) in [4.78, 5) is 2.68. The third-order valence-corrected chi connectivity index (χ3v) is 4.59. The smallest absolute Gasteiger partial charge is 0.0195 e. The first-order chi connectivity index (χ1) is 6.90. The second kappa shape index (κ2) is 5.38. The normalized spacial score (nSPS) is 33.0. The van der Waals surface area contributed by atoms with Gasteiger partial charge in [0.15, 0.2) is 0 Å². The predicted octanol–water partition coefficient (Wildman–Crippen LogP) is 1.57. The topological polar surface area (TPSA) is 15.3 Å². The molecule has 2 nitrogen and oxygen atoms in total. The van der Waals surface area contributed by atoms with Crippen LogP contribution in [0.2, 0.25) is 0 Å². The molecular weight excluding hydrogens is 192 g/mol. The van der Waals surface area contributed by atoms with Gasteiger partial charge in [-0.15, -0.1) is 0 Å². The van der Waals surface area contributed by atoms with Gasteiger partial charge < -0.3 is 5.32 Å². The van der Waals surface area contributed by atoms with E-state index in [4.69, 9.17) is 0 Å². The lowest BCUT2D eigenvalue weighted by atomic mass is 10.1. The highest BCUT2D eigenvalue weighted by molar-refractivity contribution is 7.99. The van der Waals surface area contributed by atoms with Crippen molar-refractivity contribution in [3.05, 3.63) is 0 Å². The van der Waals surface area contributed by atoms with Crippen molar-refractivity contribution in [3.63, 3.8) is 0 Å². The Hall–Kier alpha value is 0.270. The largest absolute Gasteiger partial charge is 0.313 e. The van der Waals surface area contributed by atoms with Gasteiger partial charge in [-0.2, -0.15) is 11.8 Å². The summed E-state index contributed by atoms with van der Waals surface area (Å²) in [5, 5.41) is 3.60. The summed E-state index contributed by atoms with van der Waals surface area (Å²) in [5.74, 6) is 2.74. The van der Waals surface area contributed by atoms with E-state index in [1.165, 1.54) is 50.4 Å². The number of nitrogens with one attached hydrogen (secondary N) is 1. The lowest BCUT2D eigenvalue weighted by Gasteiger charge is -2.29. The van der Waals surface area contributed by atoms with Crippen LogP contribution >= 0.6 is 11.8 Å². The third kappa shape index (κ3) is 2.65. The average Bonchev–Trinajstić information content (AvgIpc) is 2.86. The zero-order chi connectivity index (χ0) is 9.80. The van der Waals surface area contributed by atoms with Gasteiger partial charge in [-0.3, -0.25) is 4.90 Å². The molecule has 2 rings (SSSR count). The first-order valence-electron chi connectivity index (χ1n) is 5.95. The zero-order valence-electron chi connectivity index (χ0n) is 9.17. The Labute approximate surface area is 91.8 Å². The Morgan fingerprint density at radius 2 is 2.36 bits per heavy atom. The number of nitrogens with zero attached hydrogens (tertiary/aromatic N) is 1. The quantitative estimate of drug-likeness (QED) is 0.765. The molecule has 0 saturated carbocycles. The minimum atomic E-state index is 0.778. The Morgan fingerprint density at radius 3 is 2.93 bits per heavy atom. The second-order valence-electron chi connectivity index (χ2n) is 4.40. The zero-order valence-corrected chi connectivity index (χ0v) is 9.98. The van der Waals surface area contributed by atoms with Crippen LogP contribution in [-0.4, -0.2) is 48.1 Å². The van der Waals surface area contributed by atoms with Crippen molar-refractivity contribution in [2.75, 3.05) is 31.1 Å². The van der Waals surface area contributed by atoms with E-state index in [-0.39, 0.29) is 0 Å². The standard InChI is InChI=1S/C11H22N2S/c1-2-13(11-5-7-14-9-11)8-10-4-3-6-12-10/h10-12H,2-9H2,1H3. The van der Waals surface area contributed by atoms with Crippen molar-refractivity contribution in [2.45, 2.75) is 38.3 Å². The van der Waals surface area contributed by atoms with E-state index in [1.54, 1.807) is 0 Å². The molecule has 0 bridgehead atoms. The molecule has 2 heterocycles. The van der Waals surface area contributed by atoms with Crippen LogP contribution < -0.4 is 5.32 Å².